The van der Waals surface area contributed by atoms with Gasteiger partial charge in [-0.25, -0.2) is 4.98 Å². The second-order valence-electron chi connectivity index (χ2n) is 6.58. The molecule has 0 aliphatic rings. The Balaban J connectivity index is 1.71. The zero-order chi connectivity index (χ0) is 19.8. The van der Waals surface area contributed by atoms with Gasteiger partial charge in [0.25, 0.3) is 0 Å². The molecular weight excluding hydrogens is 350 g/mol. The van der Waals surface area contributed by atoms with Crippen molar-refractivity contribution in [1.29, 1.82) is 0 Å². The van der Waals surface area contributed by atoms with Gasteiger partial charge in [-0.3, -0.25) is 9.59 Å². The van der Waals surface area contributed by atoms with E-state index in [9.17, 15) is 9.59 Å². The molecule has 0 atom stereocenters. The smallest absolute Gasteiger partial charge is 0.192 e. The number of ether oxygens (including phenoxy) is 1. The number of aromatic nitrogens is 1. The van der Waals surface area contributed by atoms with Gasteiger partial charge < -0.3 is 4.74 Å². The maximum absolute atomic E-state index is 12.7. The van der Waals surface area contributed by atoms with E-state index in [0.717, 1.165) is 18.4 Å². The molecule has 28 heavy (non-hydrogen) atoms. The van der Waals surface area contributed by atoms with E-state index in [-0.39, 0.29) is 23.7 Å². The monoisotopic (exact) mass is 373 g/mol. The van der Waals surface area contributed by atoms with Crippen LogP contribution in [-0.2, 0) is 6.42 Å². The van der Waals surface area contributed by atoms with Crippen molar-refractivity contribution in [2.45, 2.75) is 26.2 Å². The third-order valence-corrected chi connectivity index (χ3v) is 4.32. The van der Waals surface area contributed by atoms with Gasteiger partial charge in [0, 0.05) is 11.8 Å². The summed E-state index contributed by atoms with van der Waals surface area (Å²) >= 11 is 0. The van der Waals surface area contributed by atoms with Gasteiger partial charge in [0.2, 0.25) is 0 Å². The fraction of sp³-hybridized carbons (Fsp3) is 0.208. The topological polar surface area (TPSA) is 56.3 Å². The molecular formula is C24H23NO3. The first kappa shape index (κ1) is 19.5. The van der Waals surface area contributed by atoms with E-state index < -0.39 is 0 Å². The van der Waals surface area contributed by atoms with Gasteiger partial charge in [-0.15, -0.1) is 0 Å². The number of carbonyl (C=O) groups is 2. The van der Waals surface area contributed by atoms with Crippen LogP contribution in [0, 0.1) is 0 Å². The van der Waals surface area contributed by atoms with Crippen molar-refractivity contribution in [1.82, 2.24) is 4.98 Å². The Kier molecular flexibility index (Phi) is 6.68. The zero-order valence-corrected chi connectivity index (χ0v) is 15.9. The molecule has 1 aromatic heterocycles. The van der Waals surface area contributed by atoms with Crippen LogP contribution in [0.5, 0.6) is 5.75 Å². The average molecular weight is 373 g/mol. The molecule has 0 fully saturated rings. The van der Waals surface area contributed by atoms with E-state index in [1.165, 1.54) is 11.8 Å². The Bertz CT molecular complexity index is 951. The average Bonchev–Trinajstić information content (AvgIpc) is 2.73. The third-order valence-electron chi connectivity index (χ3n) is 4.32. The van der Waals surface area contributed by atoms with Gasteiger partial charge in [0.1, 0.15) is 11.4 Å². The van der Waals surface area contributed by atoms with Gasteiger partial charge in [0.15, 0.2) is 11.6 Å². The molecule has 0 N–H and O–H groups in total. The van der Waals surface area contributed by atoms with Crippen molar-refractivity contribution in [2.75, 3.05) is 6.61 Å². The highest BCUT2D eigenvalue weighted by Crippen LogP contribution is 2.19. The van der Waals surface area contributed by atoms with Gasteiger partial charge in [0.05, 0.1) is 13.0 Å². The van der Waals surface area contributed by atoms with Crippen molar-refractivity contribution in [3.05, 3.63) is 95.3 Å². The van der Waals surface area contributed by atoms with E-state index in [1.807, 2.05) is 43.3 Å². The van der Waals surface area contributed by atoms with Crippen LogP contribution in [0.3, 0.4) is 0 Å². The molecule has 1 heterocycles. The highest BCUT2D eigenvalue weighted by atomic mass is 16.5. The second kappa shape index (κ2) is 9.60. The summed E-state index contributed by atoms with van der Waals surface area (Å²) in [7, 11) is 0. The van der Waals surface area contributed by atoms with Gasteiger partial charge >= 0.3 is 0 Å². The molecule has 0 saturated heterocycles. The van der Waals surface area contributed by atoms with Gasteiger partial charge in [-0.1, -0.05) is 55.5 Å². The van der Waals surface area contributed by atoms with E-state index in [0.29, 0.717) is 17.9 Å². The lowest BCUT2D eigenvalue weighted by atomic mass is 9.99. The summed E-state index contributed by atoms with van der Waals surface area (Å²) in [5.41, 5.74) is 2.96. The third kappa shape index (κ3) is 5.13. The Hall–Kier alpha value is -3.27. The number of benzene rings is 2. The summed E-state index contributed by atoms with van der Waals surface area (Å²) < 4.78 is 5.59. The number of ketones is 2. The lowest BCUT2D eigenvalue weighted by Gasteiger charge is -2.09. The van der Waals surface area contributed by atoms with E-state index in [2.05, 4.69) is 17.1 Å². The van der Waals surface area contributed by atoms with Crippen LogP contribution in [0.15, 0.2) is 72.9 Å². The maximum atomic E-state index is 12.7. The molecule has 3 rings (SSSR count). The Morgan fingerprint density at radius 1 is 0.893 bits per heavy atom. The Morgan fingerprint density at radius 3 is 2.46 bits per heavy atom. The molecule has 142 valence electrons. The van der Waals surface area contributed by atoms with Crippen LogP contribution in [0.4, 0.5) is 0 Å². The first-order valence-electron chi connectivity index (χ1n) is 9.44. The highest BCUT2D eigenvalue weighted by molar-refractivity contribution is 6.13. The van der Waals surface area contributed by atoms with Crippen molar-refractivity contribution >= 4 is 11.6 Å². The molecule has 4 heteroatoms. The molecule has 0 aliphatic heterocycles. The molecule has 3 aromatic rings. The van der Waals surface area contributed by atoms with Crippen molar-refractivity contribution < 1.29 is 14.3 Å². The predicted molar refractivity (Wildman–Crippen MR) is 109 cm³/mol. The SMILES string of the molecule is CCCOc1cccnc1C(=O)CC(=O)c1cccc(Cc2ccccc2)c1. The first-order chi connectivity index (χ1) is 13.7. The summed E-state index contributed by atoms with van der Waals surface area (Å²) in [5, 5.41) is 0. The first-order valence-corrected chi connectivity index (χ1v) is 9.44. The Morgan fingerprint density at radius 2 is 1.68 bits per heavy atom. The zero-order valence-electron chi connectivity index (χ0n) is 15.9. The van der Waals surface area contributed by atoms with Crippen LogP contribution in [0.25, 0.3) is 0 Å². The van der Waals surface area contributed by atoms with Crippen LogP contribution in [0.2, 0.25) is 0 Å². The summed E-state index contributed by atoms with van der Waals surface area (Å²) in [6.45, 7) is 2.49. The van der Waals surface area contributed by atoms with Crippen molar-refractivity contribution in [3.8, 4) is 5.75 Å². The quantitative estimate of drug-likeness (QED) is 0.395. The van der Waals surface area contributed by atoms with Gasteiger partial charge in [-0.05, 0) is 42.2 Å². The number of carbonyl (C=O) groups excluding carboxylic acids is 2. The van der Waals surface area contributed by atoms with Crippen LogP contribution < -0.4 is 4.74 Å². The minimum atomic E-state index is -0.329. The summed E-state index contributed by atoms with van der Waals surface area (Å²) in [6.07, 6.45) is 2.88. The van der Waals surface area contributed by atoms with Crippen molar-refractivity contribution in [2.24, 2.45) is 0 Å². The van der Waals surface area contributed by atoms with E-state index >= 15 is 0 Å². The normalized spacial score (nSPS) is 10.5. The van der Waals surface area contributed by atoms with Crippen LogP contribution in [0.1, 0.15) is 51.7 Å². The minimum absolute atomic E-state index is 0.213. The minimum Gasteiger partial charge on any atom is -0.491 e. The largest absolute Gasteiger partial charge is 0.491 e. The number of hydrogen-bond acceptors (Lipinski definition) is 4. The number of pyridine rings is 1. The molecule has 0 bridgehead atoms. The number of Topliss-reactive ketones (excluding diaryl/α,β-unsaturated/α-hetero) is 2. The summed E-state index contributed by atoms with van der Waals surface area (Å²) in [4.78, 5) is 29.4. The summed E-state index contributed by atoms with van der Waals surface area (Å²) in [5.74, 6) is -0.114. The van der Waals surface area contributed by atoms with E-state index in [4.69, 9.17) is 4.74 Å². The highest BCUT2D eigenvalue weighted by Gasteiger charge is 2.19. The van der Waals surface area contributed by atoms with Crippen LogP contribution in [-0.4, -0.2) is 23.2 Å². The lowest BCUT2D eigenvalue weighted by Crippen LogP contribution is -2.12. The molecule has 4 nitrogen and oxygen atoms in total. The van der Waals surface area contributed by atoms with E-state index in [1.54, 1.807) is 18.2 Å². The Labute approximate surface area is 165 Å². The molecule has 0 radical (unpaired) electrons. The lowest BCUT2D eigenvalue weighted by molar-refractivity contribution is 0.0889. The molecule has 0 saturated carbocycles. The molecule has 0 amide bonds. The van der Waals surface area contributed by atoms with Crippen LogP contribution >= 0.6 is 0 Å². The molecule has 0 spiro atoms. The summed E-state index contributed by atoms with van der Waals surface area (Å²) in [6, 6.07) is 20.9. The molecule has 0 unspecified atom stereocenters. The second-order valence-corrected chi connectivity index (χ2v) is 6.58. The fourth-order valence-electron chi connectivity index (χ4n) is 2.95. The standard InChI is InChI=1S/C24H23NO3/c1-2-14-28-23-12-7-13-25-24(23)22(27)17-21(26)20-11-6-10-19(16-20)15-18-8-4-3-5-9-18/h3-13,16H,2,14-15,17H2,1H3. The van der Waals surface area contributed by atoms with Gasteiger partial charge in [-0.2, -0.15) is 0 Å². The molecule has 2 aromatic carbocycles. The number of nitrogens with zero attached hydrogens (tertiary/aromatic N) is 1. The number of rotatable bonds is 9. The maximum Gasteiger partial charge on any atom is 0.192 e. The predicted octanol–water partition coefficient (Wildman–Crippen LogP) is 4.92. The number of hydrogen-bond donors (Lipinski definition) is 0. The fourth-order valence-corrected chi connectivity index (χ4v) is 2.95. The van der Waals surface area contributed by atoms with Crippen molar-refractivity contribution in [3.63, 3.8) is 0 Å². The molecule has 0 aliphatic carbocycles.